The Balaban J connectivity index is 2.12. The molecule has 1 aromatic rings. The van der Waals surface area contributed by atoms with E-state index >= 15 is 0 Å². The van der Waals surface area contributed by atoms with E-state index in [1.54, 1.807) is 0 Å². The van der Waals surface area contributed by atoms with Crippen molar-refractivity contribution in [2.24, 2.45) is 5.92 Å². The van der Waals surface area contributed by atoms with E-state index in [1.165, 1.54) is 32.1 Å². The van der Waals surface area contributed by atoms with E-state index in [0.29, 0.717) is 6.04 Å². The molecule has 0 amide bonds. The van der Waals surface area contributed by atoms with Crippen molar-refractivity contribution < 1.29 is 0 Å². The van der Waals surface area contributed by atoms with Crippen LogP contribution in [0.25, 0.3) is 0 Å². The van der Waals surface area contributed by atoms with Crippen LogP contribution in [0, 0.1) is 10.7 Å². The quantitative estimate of drug-likeness (QED) is 0.738. The van der Waals surface area contributed by atoms with Gasteiger partial charge in [-0.25, -0.2) is 0 Å². The fourth-order valence-electron chi connectivity index (χ4n) is 2.50. The van der Waals surface area contributed by atoms with E-state index in [9.17, 15) is 0 Å². The highest BCUT2D eigenvalue weighted by atomic mass is 32.1. The molecule has 2 unspecified atom stereocenters. The van der Waals surface area contributed by atoms with Crippen molar-refractivity contribution in [3.8, 4) is 0 Å². The molecule has 0 saturated heterocycles. The van der Waals surface area contributed by atoms with Crippen molar-refractivity contribution in [3.05, 3.63) is 17.2 Å². The zero-order valence-corrected chi connectivity index (χ0v) is 9.52. The number of hydrogen-bond donors (Lipinski definition) is 1. The third-order valence-electron chi connectivity index (χ3n) is 3.40. The van der Waals surface area contributed by atoms with E-state index in [0.717, 1.165) is 10.7 Å². The number of rotatable bonds is 2. The highest BCUT2D eigenvalue weighted by Crippen LogP contribution is 2.33. The lowest BCUT2D eigenvalue weighted by molar-refractivity contribution is 0.260. The normalized spacial score (nSPS) is 27.8. The second kappa shape index (κ2) is 4.30. The van der Waals surface area contributed by atoms with Crippen LogP contribution in [0.4, 0.5) is 0 Å². The smallest absolute Gasteiger partial charge is 0.177 e. The lowest BCUT2D eigenvalue weighted by atomic mass is 9.84. The summed E-state index contributed by atoms with van der Waals surface area (Å²) in [5.74, 6) is 0.908. The van der Waals surface area contributed by atoms with Crippen molar-refractivity contribution in [3.63, 3.8) is 0 Å². The molecule has 1 fully saturated rings. The van der Waals surface area contributed by atoms with Gasteiger partial charge in [-0.15, -0.1) is 0 Å². The van der Waals surface area contributed by atoms with Gasteiger partial charge in [0.15, 0.2) is 4.77 Å². The van der Waals surface area contributed by atoms with Crippen LogP contribution in [0.15, 0.2) is 12.4 Å². The number of H-pyrrole nitrogens is 1. The summed E-state index contributed by atoms with van der Waals surface area (Å²) < 4.78 is 3.11. The van der Waals surface area contributed by atoms with Crippen LogP contribution >= 0.6 is 12.2 Å². The molecule has 1 aromatic heterocycles. The average molecular weight is 210 g/mol. The fraction of sp³-hybridized carbons (Fsp3) is 0.727. The zero-order valence-electron chi connectivity index (χ0n) is 8.70. The first-order valence-corrected chi connectivity index (χ1v) is 5.97. The largest absolute Gasteiger partial charge is 0.337 e. The number of nitrogens with zero attached hydrogens (tertiary/aromatic N) is 1. The highest BCUT2D eigenvalue weighted by molar-refractivity contribution is 7.71. The first-order chi connectivity index (χ1) is 6.81. The SMILES string of the molecule is CCC1CCCC(n2cc[nH]c2=S)C1. The summed E-state index contributed by atoms with van der Waals surface area (Å²) in [6, 6.07) is 0.646. The van der Waals surface area contributed by atoms with Crippen LogP contribution in [0.3, 0.4) is 0 Å². The standard InChI is InChI=1S/C11H18N2S/c1-2-9-4-3-5-10(8-9)13-7-6-12-11(13)14/h6-7,9-10H,2-5,8H2,1H3,(H,12,14). The maximum atomic E-state index is 5.25. The molecule has 2 atom stereocenters. The van der Waals surface area contributed by atoms with Gasteiger partial charge in [-0.3, -0.25) is 0 Å². The molecule has 14 heavy (non-hydrogen) atoms. The second-order valence-electron chi connectivity index (χ2n) is 4.27. The number of nitrogens with one attached hydrogen (secondary N) is 1. The molecule has 0 bridgehead atoms. The van der Waals surface area contributed by atoms with E-state index in [2.05, 4.69) is 22.7 Å². The minimum Gasteiger partial charge on any atom is -0.337 e. The Labute approximate surface area is 90.3 Å². The second-order valence-corrected chi connectivity index (χ2v) is 4.65. The molecule has 2 rings (SSSR count). The third-order valence-corrected chi connectivity index (χ3v) is 3.73. The van der Waals surface area contributed by atoms with Crippen LogP contribution in [-0.4, -0.2) is 9.55 Å². The first kappa shape index (κ1) is 9.97. The number of hydrogen-bond acceptors (Lipinski definition) is 1. The van der Waals surface area contributed by atoms with Gasteiger partial charge < -0.3 is 9.55 Å². The highest BCUT2D eigenvalue weighted by Gasteiger charge is 2.21. The van der Waals surface area contributed by atoms with Crippen molar-refractivity contribution in [1.82, 2.24) is 9.55 Å². The molecule has 1 N–H and O–H groups in total. The molecular formula is C11H18N2S. The Hall–Kier alpha value is -0.570. The van der Waals surface area contributed by atoms with Gasteiger partial charge in [0.1, 0.15) is 0 Å². The van der Waals surface area contributed by atoms with Crippen LogP contribution in [0.2, 0.25) is 0 Å². The van der Waals surface area contributed by atoms with Crippen LogP contribution in [-0.2, 0) is 0 Å². The maximum Gasteiger partial charge on any atom is 0.177 e. The van der Waals surface area contributed by atoms with Gasteiger partial charge in [0.05, 0.1) is 0 Å². The Bertz CT molecular complexity index is 339. The molecule has 1 aliphatic carbocycles. The van der Waals surface area contributed by atoms with E-state index in [1.807, 2.05) is 6.20 Å². The third kappa shape index (κ3) is 1.92. The lowest BCUT2D eigenvalue weighted by Crippen LogP contribution is -2.18. The van der Waals surface area contributed by atoms with E-state index in [-0.39, 0.29) is 0 Å². The van der Waals surface area contributed by atoms with Crippen LogP contribution in [0.5, 0.6) is 0 Å². The predicted octanol–water partition coefficient (Wildman–Crippen LogP) is 3.69. The van der Waals surface area contributed by atoms with Crippen LogP contribution < -0.4 is 0 Å². The van der Waals surface area contributed by atoms with Gasteiger partial charge >= 0.3 is 0 Å². The molecule has 1 aliphatic rings. The minimum atomic E-state index is 0.646. The average Bonchev–Trinajstić information content (AvgIpc) is 2.65. The summed E-state index contributed by atoms with van der Waals surface area (Å²) in [6.45, 7) is 2.30. The predicted molar refractivity (Wildman–Crippen MR) is 60.9 cm³/mol. The van der Waals surface area contributed by atoms with Crippen LogP contribution in [0.1, 0.15) is 45.1 Å². The van der Waals surface area contributed by atoms with E-state index in [4.69, 9.17) is 12.2 Å². The van der Waals surface area contributed by atoms with Gasteiger partial charge in [-0.1, -0.05) is 26.2 Å². The summed E-state index contributed by atoms with van der Waals surface area (Å²) in [6.07, 6.45) is 10.7. The maximum absolute atomic E-state index is 5.25. The van der Waals surface area contributed by atoms with Gasteiger partial charge in [-0.2, -0.15) is 0 Å². The van der Waals surface area contributed by atoms with Gasteiger partial charge in [0.25, 0.3) is 0 Å². The monoisotopic (exact) mass is 210 g/mol. The molecule has 0 radical (unpaired) electrons. The summed E-state index contributed by atoms with van der Waals surface area (Å²) >= 11 is 5.25. The molecule has 2 nitrogen and oxygen atoms in total. The number of aromatic amines is 1. The molecular weight excluding hydrogens is 192 g/mol. The Morgan fingerprint density at radius 3 is 3.07 bits per heavy atom. The number of aromatic nitrogens is 2. The summed E-state index contributed by atoms with van der Waals surface area (Å²) in [4.78, 5) is 3.08. The van der Waals surface area contributed by atoms with Gasteiger partial charge in [-0.05, 0) is 31.0 Å². The van der Waals surface area contributed by atoms with Crippen molar-refractivity contribution in [2.45, 2.75) is 45.1 Å². The molecule has 1 heterocycles. The molecule has 3 heteroatoms. The Morgan fingerprint density at radius 2 is 2.43 bits per heavy atom. The lowest BCUT2D eigenvalue weighted by Gasteiger charge is -2.29. The molecule has 0 aliphatic heterocycles. The minimum absolute atomic E-state index is 0.646. The fourth-order valence-corrected chi connectivity index (χ4v) is 2.78. The molecule has 0 spiro atoms. The Kier molecular flexibility index (Phi) is 3.06. The first-order valence-electron chi connectivity index (χ1n) is 5.56. The summed E-state index contributed by atoms with van der Waals surface area (Å²) in [5, 5.41) is 0. The van der Waals surface area contributed by atoms with Gasteiger partial charge in [0, 0.05) is 18.4 Å². The summed E-state index contributed by atoms with van der Waals surface area (Å²) in [7, 11) is 0. The molecule has 78 valence electrons. The number of imidazole rings is 1. The van der Waals surface area contributed by atoms with Crippen molar-refractivity contribution in [1.29, 1.82) is 0 Å². The summed E-state index contributed by atoms with van der Waals surface area (Å²) in [5.41, 5.74) is 0. The Morgan fingerprint density at radius 1 is 1.57 bits per heavy atom. The molecule has 0 aromatic carbocycles. The zero-order chi connectivity index (χ0) is 9.97. The topological polar surface area (TPSA) is 20.7 Å². The molecule has 1 saturated carbocycles. The van der Waals surface area contributed by atoms with E-state index < -0.39 is 0 Å². The van der Waals surface area contributed by atoms with Crippen molar-refractivity contribution in [2.75, 3.05) is 0 Å². The van der Waals surface area contributed by atoms with Gasteiger partial charge in [0.2, 0.25) is 0 Å². The van der Waals surface area contributed by atoms with Crippen molar-refractivity contribution >= 4 is 12.2 Å².